The molecule has 0 aliphatic carbocycles. The van der Waals surface area contributed by atoms with Gasteiger partial charge in [-0.05, 0) is 30.3 Å². The van der Waals surface area contributed by atoms with Crippen LogP contribution in [0.4, 0.5) is 5.69 Å². The molecule has 0 amide bonds. The van der Waals surface area contributed by atoms with Gasteiger partial charge in [-0.3, -0.25) is 0 Å². The highest BCUT2D eigenvalue weighted by Gasteiger charge is 2.06. The van der Waals surface area contributed by atoms with E-state index < -0.39 is 0 Å². The average molecular weight is 329 g/mol. The number of methoxy groups -OCH3 is 1. The zero-order valence-electron chi connectivity index (χ0n) is 9.61. The van der Waals surface area contributed by atoms with Gasteiger partial charge in [-0.2, -0.15) is 0 Å². The molecule has 18 heavy (non-hydrogen) atoms. The van der Waals surface area contributed by atoms with Crippen LogP contribution in [0.1, 0.15) is 0 Å². The fraction of sp³-hybridized carbons (Fsp3) is 0.0769. The number of anilines is 1. The van der Waals surface area contributed by atoms with Gasteiger partial charge in [-0.25, -0.2) is 0 Å². The molecule has 0 bridgehead atoms. The highest BCUT2D eigenvalue weighted by Crippen LogP contribution is 2.34. The first-order valence-electron chi connectivity index (χ1n) is 5.16. The van der Waals surface area contributed by atoms with Crippen LogP contribution in [0.3, 0.4) is 0 Å². The van der Waals surface area contributed by atoms with Crippen molar-refractivity contribution in [3.8, 4) is 17.2 Å². The fourth-order valence-corrected chi connectivity index (χ4v) is 2.15. The molecule has 0 spiro atoms. The Labute approximate surface area is 119 Å². The third-order valence-electron chi connectivity index (χ3n) is 2.33. The minimum absolute atomic E-state index is 0.528. The van der Waals surface area contributed by atoms with Gasteiger partial charge in [0.25, 0.3) is 0 Å². The van der Waals surface area contributed by atoms with Crippen LogP contribution in [-0.2, 0) is 0 Å². The summed E-state index contributed by atoms with van der Waals surface area (Å²) in [4.78, 5) is 0. The molecule has 0 saturated heterocycles. The average Bonchev–Trinajstić information content (AvgIpc) is 2.35. The van der Waals surface area contributed by atoms with Gasteiger partial charge in [0.05, 0.1) is 17.8 Å². The lowest BCUT2D eigenvalue weighted by Gasteiger charge is -2.10. The van der Waals surface area contributed by atoms with Crippen LogP contribution < -0.4 is 15.2 Å². The van der Waals surface area contributed by atoms with E-state index in [9.17, 15) is 0 Å². The molecule has 94 valence electrons. The summed E-state index contributed by atoms with van der Waals surface area (Å²) in [6.45, 7) is 0. The Morgan fingerprint density at radius 3 is 2.56 bits per heavy atom. The number of nitrogens with two attached hydrogens (primary N) is 1. The lowest BCUT2D eigenvalue weighted by molar-refractivity contribution is 0.411. The van der Waals surface area contributed by atoms with Crippen molar-refractivity contribution in [1.29, 1.82) is 0 Å². The van der Waals surface area contributed by atoms with E-state index in [1.54, 1.807) is 37.4 Å². The Morgan fingerprint density at radius 1 is 1.11 bits per heavy atom. The molecule has 3 nitrogen and oxygen atoms in total. The largest absolute Gasteiger partial charge is 0.494 e. The van der Waals surface area contributed by atoms with Crippen molar-refractivity contribution in [2.75, 3.05) is 12.8 Å². The van der Waals surface area contributed by atoms with Crippen molar-refractivity contribution in [3.63, 3.8) is 0 Å². The molecule has 0 saturated carbocycles. The molecule has 2 aromatic rings. The van der Waals surface area contributed by atoms with E-state index in [4.69, 9.17) is 26.8 Å². The van der Waals surface area contributed by atoms with Crippen LogP contribution in [0.25, 0.3) is 0 Å². The van der Waals surface area contributed by atoms with Crippen LogP contribution in [0, 0.1) is 0 Å². The molecule has 0 heterocycles. The van der Waals surface area contributed by atoms with E-state index in [0.717, 1.165) is 4.47 Å². The molecule has 0 aliphatic rings. The topological polar surface area (TPSA) is 44.5 Å². The number of benzene rings is 2. The van der Waals surface area contributed by atoms with E-state index in [-0.39, 0.29) is 0 Å². The quantitative estimate of drug-likeness (QED) is 0.845. The first kappa shape index (κ1) is 13.1. The molecule has 2 aromatic carbocycles. The minimum atomic E-state index is 0.528. The zero-order chi connectivity index (χ0) is 13.1. The molecule has 0 unspecified atom stereocenters. The molecular weight excluding hydrogens is 318 g/mol. The summed E-state index contributed by atoms with van der Waals surface area (Å²) >= 11 is 9.41. The highest BCUT2D eigenvalue weighted by atomic mass is 79.9. The lowest BCUT2D eigenvalue weighted by Crippen LogP contribution is -1.93. The second-order valence-electron chi connectivity index (χ2n) is 3.58. The number of hydrogen-bond donors (Lipinski definition) is 1. The maximum atomic E-state index is 6.07. The predicted octanol–water partition coefficient (Wildman–Crippen LogP) is 4.49. The minimum Gasteiger partial charge on any atom is -0.494 e. The normalized spacial score (nSPS) is 10.2. The Morgan fingerprint density at radius 2 is 1.89 bits per heavy atom. The molecule has 2 rings (SSSR count). The molecular formula is C13H11BrClNO2. The van der Waals surface area contributed by atoms with Crippen LogP contribution in [0.5, 0.6) is 17.2 Å². The van der Waals surface area contributed by atoms with Gasteiger partial charge in [0, 0.05) is 10.5 Å². The zero-order valence-corrected chi connectivity index (χ0v) is 12.0. The molecule has 2 N–H and O–H groups in total. The van der Waals surface area contributed by atoms with E-state index in [1.807, 2.05) is 6.07 Å². The summed E-state index contributed by atoms with van der Waals surface area (Å²) in [6.07, 6.45) is 0. The van der Waals surface area contributed by atoms with Crippen molar-refractivity contribution >= 4 is 33.2 Å². The Balaban J connectivity index is 2.28. The smallest absolute Gasteiger partial charge is 0.146 e. The summed E-state index contributed by atoms with van der Waals surface area (Å²) in [5.41, 5.74) is 6.29. The van der Waals surface area contributed by atoms with Gasteiger partial charge in [0.2, 0.25) is 0 Å². The Kier molecular flexibility index (Phi) is 3.99. The maximum absolute atomic E-state index is 6.07. The molecule has 0 radical (unpaired) electrons. The molecule has 0 fully saturated rings. The highest BCUT2D eigenvalue weighted by molar-refractivity contribution is 9.10. The summed E-state index contributed by atoms with van der Waals surface area (Å²) < 4.78 is 11.7. The lowest BCUT2D eigenvalue weighted by atomic mass is 10.3. The van der Waals surface area contributed by atoms with Gasteiger partial charge in [-0.15, -0.1) is 0 Å². The van der Waals surface area contributed by atoms with E-state index in [2.05, 4.69) is 15.9 Å². The summed E-state index contributed by atoms with van der Waals surface area (Å²) in [5.74, 6) is 1.76. The molecule has 0 aromatic heterocycles. The SMILES string of the molecule is COc1cc(Oc2ccc(Br)cc2Cl)ccc1N. The first-order chi connectivity index (χ1) is 8.60. The van der Waals surface area contributed by atoms with E-state index >= 15 is 0 Å². The Hall–Kier alpha value is -1.39. The first-order valence-corrected chi connectivity index (χ1v) is 6.33. The second kappa shape index (κ2) is 5.50. The molecule has 5 heteroatoms. The van der Waals surface area contributed by atoms with Gasteiger partial charge < -0.3 is 15.2 Å². The van der Waals surface area contributed by atoms with Crippen LogP contribution in [0.15, 0.2) is 40.9 Å². The van der Waals surface area contributed by atoms with Gasteiger partial charge in [0.1, 0.15) is 17.2 Å². The summed E-state index contributed by atoms with van der Waals surface area (Å²) in [7, 11) is 1.56. The number of ether oxygens (including phenoxy) is 2. The summed E-state index contributed by atoms with van der Waals surface area (Å²) in [5, 5.41) is 0.528. The van der Waals surface area contributed by atoms with Crippen molar-refractivity contribution in [2.24, 2.45) is 0 Å². The fourth-order valence-electron chi connectivity index (χ4n) is 1.44. The summed E-state index contributed by atoms with van der Waals surface area (Å²) in [6, 6.07) is 10.6. The third-order valence-corrected chi connectivity index (χ3v) is 3.12. The number of halogens is 2. The number of nitrogen functional groups attached to an aromatic ring is 1. The Bertz CT molecular complexity index is 575. The van der Waals surface area contributed by atoms with Crippen molar-refractivity contribution < 1.29 is 9.47 Å². The van der Waals surface area contributed by atoms with Crippen molar-refractivity contribution in [1.82, 2.24) is 0 Å². The van der Waals surface area contributed by atoms with Crippen molar-refractivity contribution in [3.05, 3.63) is 45.9 Å². The van der Waals surface area contributed by atoms with E-state index in [0.29, 0.717) is 28.0 Å². The standard InChI is InChI=1S/C13H11BrClNO2/c1-17-13-7-9(3-4-11(13)16)18-12-5-2-8(14)6-10(12)15/h2-7H,16H2,1H3. The molecule has 0 atom stereocenters. The van der Waals surface area contributed by atoms with Gasteiger partial charge >= 0.3 is 0 Å². The third kappa shape index (κ3) is 2.89. The van der Waals surface area contributed by atoms with Crippen LogP contribution >= 0.6 is 27.5 Å². The van der Waals surface area contributed by atoms with Crippen LogP contribution in [0.2, 0.25) is 5.02 Å². The number of hydrogen-bond acceptors (Lipinski definition) is 3. The molecule has 0 aliphatic heterocycles. The number of rotatable bonds is 3. The monoisotopic (exact) mass is 327 g/mol. The van der Waals surface area contributed by atoms with Crippen molar-refractivity contribution in [2.45, 2.75) is 0 Å². The second-order valence-corrected chi connectivity index (χ2v) is 4.90. The van der Waals surface area contributed by atoms with Crippen LogP contribution in [-0.4, -0.2) is 7.11 Å². The van der Waals surface area contributed by atoms with Gasteiger partial charge in [-0.1, -0.05) is 27.5 Å². The van der Waals surface area contributed by atoms with Gasteiger partial charge in [0.15, 0.2) is 0 Å². The maximum Gasteiger partial charge on any atom is 0.146 e. The van der Waals surface area contributed by atoms with E-state index in [1.165, 1.54) is 0 Å². The predicted molar refractivity (Wildman–Crippen MR) is 76.6 cm³/mol.